The first-order valence-electron chi connectivity index (χ1n) is 4.71. The van der Waals surface area contributed by atoms with E-state index in [9.17, 15) is 4.79 Å². The van der Waals surface area contributed by atoms with Gasteiger partial charge in [0.15, 0.2) is 0 Å². The molecule has 0 aliphatic heterocycles. The average Bonchev–Trinajstić information content (AvgIpc) is 2.80. The van der Waals surface area contributed by atoms with E-state index in [1.54, 1.807) is 11.3 Å². The van der Waals surface area contributed by atoms with Crippen molar-refractivity contribution in [2.75, 3.05) is 0 Å². The molecule has 0 aliphatic carbocycles. The van der Waals surface area contributed by atoms with E-state index in [1.165, 1.54) is 12.3 Å². The molecule has 17 heavy (non-hydrogen) atoms. The number of nitrogens with zero attached hydrogens (tertiary/aromatic N) is 1. The molecule has 0 aliphatic rings. The third-order valence-electron chi connectivity index (χ3n) is 1.99. The Bertz CT molecular complexity index is 528. The summed E-state index contributed by atoms with van der Waals surface area (Å²) in [5.41, 5.74) is 0.0403. The van der Waals surface area contributed by atoms with Gasteiger partial charge in [-0.3, -0.25) is 0 Å². The van der Waals surface area contributed by atoms with Gasteiger partial charge < -0.3 is 9.84 Å². The van der Waals surface area contributed by atoms with Crippen molar-refractivity contribution in [3.05, 3.63) is 45.2 Å². The quantitative estimate of drug-likeness (QED) is 0.927. The van der Waals surface area contributed by atoms with Gasteiger partial charge in [0, 0.05) is 11.1 Å². The summed E-state index contributed by atoms with van der Waals surface area (Å²) in [7, 11) is 0. The highest BCUT2D eigenvalue weighted by molar-refractivity contribution is 7.09. The summed E-state index contributed by atoms with van der Waals surface area (Å²) in [5.74, 6) is -0.825. The van der Waals surface area contributed by atoms with Crippen LogP contribution in [0, 0.1) is 0 Å². The Balaban J connectivity index is 2.09. The number of hydrogen-bond acceptors (Lipinski definition) is 4. The Morgan fingerprint density at radius 3 is 3.00 bits per heavy atom. The predicted molar refractivity (Wildman–Crippen MR) is 64.9 cm³/mol. The predicted octanol–water partition coefficient (Wildman–Crippen LogP) is 3.07. The molecule has 1 N–H and O–H groups in total. The topological polar surface area (TPSA) is 59.4 Å². The molecule has 2 aromatic heterocycles. The molecule has 0 aromatic carbocycles. The van der Waals surface area contributed by atoms with E-state index in [1.807, 2.05) is 17.5 Å². The van der Waals surface area contributed by atoms with Crippen molar-refractivity contribution in [2.24, 2.45) is 0 Å². The van der Waals surface area contributed by atoms with Crippen LogP contribution in [0.2, 0.25) is 5.02 Å². The molecule has 0 saturated heterocycles. The number of hydrogen-bond donors (Lipinski definition) is 1. The summed E-state index contributed by atoms with van der Waals surface area (Å²) in [6, 6.07) is 5.18. The van der Waals surface area contributed by atoms with Gasteiger partial charge in [0.2, 0.25) is 5.88 Å². The highest BCUT2D eigenvalue weighted by Crippen LogP contribution is 2.23. The third kappa shape index (κ3) is 2.95. The molecule has 0 radical (unpaired) electrons. The Kier molecular flexibility index (Phi) is 3.61. The SMILES string of the molecule is O=C(O)c1cnc(OCc2cccs2)c(Cl)c1. The molecule has 0 unspecified atom stereocenters. The minimum Gasteiger partial charge on any atom is -0.478 e. The molecule has 2 rings (SSSR count). The second-order valence-electron chi connectivity index (χ2n) is 3.18. The number of thiophene rings is 1. The molecule has 0 fully saturated rings. The van der Waals surface area contributed by atoms with Gasteiger partial charge in [0.05, 0.1) is 5.56 Å². The summed E-state index contributed by atoms with van der Waals surface area (Å²) in [4.78, 5) is 15.6. The maximum atomic E-state index is 10.7. The Morgan fingerprint density at radius 1 is 1.59 bits per heavy atom. The fourth-order valence-electron chi connectivity index (χ4n) is 1.18. The Morgan fingerprint density at radius 2 is 2.41 bits per heavy atom. The van der Waals surface area contributed by atoms with Crippen LogP contribution in [0.25, 0.3) is 0 Å². The number of carboxylic acid groups (broad SMARTS) is 1. The number of carboxylic acids is 1. The first-order valence-corrected chi connectivity index (χ1v) is 5.96. The van der Waals surface area contributed by atoms with Crippen LogP contribution in [0.4, 0.5) is 0 Å². The van der Waals surface area contributed by atoms with E-state index < -0.39 is 5.97 Å². The first-order chi connectivity index (χ1) is 8.16. The second kappa shape index (κ2) is 5.16. The minimum absolute atomic E-state index is 0.0403. The standard InChI is InChI=1S/C11H8ClNO3S/c12-9-4-7(11(14)15)5-13-10(9)16-6-8-2-1-3-17-8/h1-5H,6H2,(H,14,15). The zero-order valence-electron chi connectivity index (χ0n) is 8.59. The molecule has 0 saturated carbocycles. The fraction of sp³-hybridized carbons (Fsp3) is 0.0909. The molecule has 0 atom stereocenters. The van der Waals surface area contributed by atoms with Crippen molar-refractivity contribution < 1.29 is 14.6 Å². The lowest BCUT2D eigenvalue weighted by atomic mass is 10.3. The Hall–Kier alpha value is -1.59. The lowest BCUT2D eigenvalue weighted by Gasteiger charge is -2.05. The summed E-state index contributed by atoms with van der Waals surface area (Å²) in [6.07, 6.45) is 1.22. The monoisotopic (exact) mass is 269 g/mol. The number of halogens is 1. The number of aromatic nitrogens is 1. The molecular formula is C11H8ClNO3S. The first kappa shape index (κ1) is 11.9. The smallest absolute Gasteiger partial charge is 0.337 e. The molecule has 0 spiro atoms. The van der Waals surface area contributed by atoms with Gasteiger partial charge >= 0.3 is 5.97 Å². The maximum Gasteiger partial charge on any atom is 0.337 e. The van der Waals surface area contributed by atoms with Gasteiger partial charge in [-0.2, -0.15) is 0 Å². The second-order valence-corrected chi connectivity index (χ2v) is 4.62. The average molecular weight is 270 g/mol. The van der Waals surface area contributed by atoms with Gasteiger partial charge in [0.1, 0.15) is 11.6 Å². The number of rotatable bonds is 4. The van der Waals surface area contributed by atoms with Gasteiger partial charge in [-0.25, -0.2) is 9.78 Å². The lowest BCUT2D eigenvalue weighted by molar-refractivity contribution is 0.0696. The number of aromatic carboxylic acids is 1. The number of ether oxygens (including phenoxy) is 1. The zero-order valence-corrected chi connectivity index (χ0v) is 10.2. The Labute approximate surface area is 106 Å². The van der Waals surface area contributed by atoms with Crippen molar-refractivity contribution in [1.29, 1.82) is 0 Å². The van der Waals surface area contributed by atoms with Crippen molar-refractivity contribution in [3.63, 3.8) is 0 Å². The van der Waals surface area contributed by atoms with Crippen LogP contribution in [0.5, 0.6) is 5.88 Å². The third-order valence-corrected chi connectivity index (χ3v) is 3.11. The van der Waals surface area contributed by atoms with Crippen LogP contribution in [0.1, 0.15) is 15.2 Å². The van der Waals surface area contributed by atoms with Gasteiger partial charge in [-0.15, -0.1) is 11.3 Å². The van der Waals surface area contributed by atoms with Crippen LogP contribution in [-0.2, 0) is 6.61 Å². The van der Waals surface area contributed by atoms with Crippen molar-refractivity contribution in [2.45, 2.75) is 6.61 Å². The van der Waals surface area contributed by atoms with E-state index in [-0.39, 0.29) is 16.5 Å². The minimum atomic E-state index is -1.07. The van der Waals surface area contributed by atoms with Crippen molar-refractivity contribution in [1.82, 2.24) is 4.98 Å². The van der Waals surface area contributed by atoms with Crippen LogP contribution in [0.3, 0.4) is 0 Å². The summed E-state index contributed by atoms with van der Waals surface area (Å²) >= 11 is 7.43. The molecule has 0 amide bonds. The van der Waals surface area contributed by atoms with Crippen LogP contribution < -0.4 is 4.74 Å². The van der Waals surface area contributed by atoms with E-state index in [2.05, 4.69) is 4.98 Å². The van der Waals surface area contributed by atoms with Crippen LogP contribution in [0.15, 0.2) is 29.8 Å². The van der Waals surface area contributed by atoms with Crippen molar-refractivity contribution >= 4 is 28.9 Å². The zero-order chi connectivity index (χ0) is 12.3. The largest absolute Gasteiger partial charge is 0.478 e. The normalized spacial score (nSPS) is 10.2. The summed E-state index contributed by atoms with van der Waals surface area (Å²) in [6.45, 7) is 0.372. The fourth-order valence-corrected chi connectivity index (χ4v) is 2.02. The highest BCUT2D eigenvalue weighted by Gasteiger charge is 2.09. The molecule has 2 aromatic rings. The molecule has 0 bridgehead atoms. The summed E-state index contributed by atoms with van der Waals surface area (Å²) in [5, 5.41) is 10.9. The van der Waals surface area contributed by atoms with Crippen molar-refractivity contribution in [3.8, 4) is 5.88 Å². The van der Waals surface area contributed by atoms with E-state index in [0.717, 1.165) is 4.88 Å². The van der Waals surface area contributed by atoms with Crippen LogP contribution in [-0.4, -0.2) is 16.1 Å². The summed E-state index contributed by atoms with van der Waals surface area (Å²) < 4.78 is 5.39. The lowest BCUT2D eigenvalue weighted by Crippen LogP contribution is -2.00. The van der Waals surface area contributed by atoms with Gasteiger partial charge in [-0.05, 0) is 17.5 Å². The maximum absolute atomic E-state index is 10.7. The number of pyridine rings is 1. The van der Waals surface area contributed by atoms with Gasteiger partial charge in [-0.1, -0.05) is 17.7 Å². The van der Waals surface area contributed by atoms with E-state index >= 15 is 0 Å². The molecule has 6 heteroatoms. The van der Waals surface area contributed by atoms with Gasteiger partial charge in [0.25, 0.3) is 0 Å². The molecule has 4 nitrogen and oxygen atoms in total. The molecule has 2 heterocycles. The van der Waals surface area contributed by atoms with E-state index in [0.29, 0.717) is 6.61 Å². The van der Waals surface area contributed by atoms with Crippen LogP contribution >= 0.6 is 22.9 Å². The highest BCUT2D eigenvalue weighted by atomic mass is 35.5. The molecular weight excluding hydrogens is 262 g/mol. The molecule has 88 valence electrons. The van der Waals surface area contributed by atoms with E-state index in [4.69, 9.17) is 21.4 Å². The number of carbonyl (C=O) groups is 1.